The van der Waals surface area contributed by atoms with Crippen molar-refractivity contribution in [2.75, 3.05) is 0 Å². The first-order valence-corrected chi connectivity index (χ1v) is 4.39. The van der Waals surface area contributed by atoms with Crippen LogP contribution in [0.3, 0.4) is 0 Å². The number of rotatable bonds is 3. The zero-order valence-corrected chi connectivity index (χ0v) is 7.46. The molecule has 0 aromatic carbocycles. The van der Waals surface area contributed by atoms with Crippen molar-refractivity contribution in [2.24, 2.45) is 0 Å². The Morgan fingerprint density at radius 1 is 1.42 bits per heavy atom. The van der Waals surface area contributed by atoms with Crippen molar-refractivity contribution in [1.29, 1.82) is 0 Å². The Balaban J connectivity index is 2.59. The van der Waals surface area contributed by atoms with Crippen LogP contribution in [-0.4, -0.2) is 18.4 Å². The van der Waals surface area contributed by atoms with Gasteiger partial charge in [0.25, 0.3) is 11.0 Å². The van der Waals surface area contributed by atoms with Crippen molar-refractivity contribution >= 4 is 22.6 Å². The van der Waals surface area contributed by atoms with Crippen LogP contribution in [-0.2, 0) is 21.8 Å². The second-order valence-electron chi connectivity index (χ2n) is 1.81. The topological polar surface area (TPSA) is 69.2 Å². The summed E-state index contributed by atoms with van der Waals surface area (Å²) in [6.45, 7) is -0.157. The van der Waals surface area contributed by atoms with Crippen LogP contribution in [0.4, 0.5) is 0 Å². The van der Waals surface area contributed by atoms with Gasteiger partial charge in [0.15, 0.2) is 5.82 Å². The van der Waals surface area contributed by atoms with E-state index in [2.05, 4.69) is 14.2 Å². The first-order valence-electron chi connectivity index (χ1n) is 2.92. The summed E-state index contributed by atoms with van der Waals surface area (Å²) in [4.78, 5) is 7.43. The van der Waals surface area contributed by atoms with Crippen LogP contribution in [0.1, 0.15) is 5.82 Å². The molecule has 0 N–H and O–H groups in total. The van der Waals surface area contributed by atoms with E-state index in [4.69, 9.17) is 11.6 Å². The third-order valence-electron chi connectivity index (χ3n) is 0.973. The summed E-state index contributed by atoms with van der Waals surface area (Å²) in [6.07, 6.45) is 2.73. The first kappa shape index (κ1) is 9.37. The van der Waals surface area contributed by atoms with Crippen LogP contribution in [0.25, 0.3) is 0 Å². The molecular formula is C5H5ClN2O3S. The molecule has 1 aromatic rings. The maximum Gasteiger partial charge on any atom is 0.257 e. The van der Waals surface area contributed by atoms with Gasteiger partial charge >= 0.3 is 0 Å². The highest BCUT2D eigenvalue weighted by molar-refractivity contribution is 7.67. The van der Waals surface area contributed by atoms with Gasteiger partial charge in [-0.05, 0) is 0 Å². The minimum absolute atomic E-state index is 0.157. The van der Waals surface area contributed by atoms with Gasteiger partial charge in [-0.1, -0.05) is 11.6 Å². The van der Waals surface area contributed by atoms with Crippen LogP contribution in [0.5, 0.6) is 0 Å². The molecule has 1 aromatic heterocycles. The fourth-order valence-electron chi connectivity index (χ4n) is 0.524. The molecular weight excluding hydrogens is 204 g/mol. The molecule has 0 atom stereocenters. The van der Waals surface area contributed by atoms with Crippen LogP contribution in [0.15, 0.2) is 12.4 Å². The molecule has 0 radical (unpaired) electrons. The Hall–Kier alpha value is -0.720. The molecule has 0 bridgehead atoms. The number of hydrogen-bond acceptors (Lipinski definition) is 5. The molecule has 1 rings (SSSR count). The van der Waals surface area contributed by atoms with Crippen molar-refractivity contribution < 1.29 is 12.6 Å². The van der Waals surface area contributed by atoms with E-state index in [9.17, 15) is 8.42 Å². The average Bonchev–Trinajstić information content (AvgIpc) is 2.03. The van der Waals surface area contributed by atoms with Gasteiger partial charge in [0, 0.05) is 12.4 Å². The van der Waals surface area contributed by atoms with Crippen molar-refractivity contribution in [3.8, 4) is 0 Å². The Kier molecular flexibility index (Phi) is 3.39. The lowest BCUT2D eigenvalue weighted by Crippen LogP contribution is -1.96. The molecule has 0 unspecified atom stereocenters. The van der Waals surface area contributed by atoms with Crippen LogP contribution >= 0.6 is 11.6 Å². The number of nitrogens with zero attached hydrogens (tertiary/aromatic N) is 2. The minimum Gasteiger partial charge on any atom is -0.264 e. The lowest BCUT2D eigenvalue weighted by atomic mass is 10.6. The molecule has 1 heterocycles. The maximum absolute atomic E-state index is 9.97. The highest BCUT2D eigenvalue weighted by Crippen LogP contribution is 2.03. The predicted octanol–water partition coefficient (Wildman–Crippen LogP) is 0.173. The van der Waals surface area contributed by atoms with Gasteiger partial charge in [-0.2, -0.15) is 0 Å². The fraction of sp³-hybridized carbons (Fsp3) is 0.200. The average molecular weight is 209 g/mol. The summed E-state index contributed by atoms with van der Waals surface area (Å²) < 4.78 is 24.2. The van der Waals surface area contributed by atoms with E-state index < -0.39 is 11.0 Å². The van der Waals surface area contributed by atoms with E-state index >= 15 is 0 Å². The number of thiol groups is 1. The molecule has 12 heavy (non-hydrogen) atoms. The van der Waals surface area contributed by atoms with E-state index in [0.717, 1.165) is 0 Å². The lowest BCUT2D eigenvalue weighted by Gasteiger charge is -1.94. The molecule has 0 aliphatic carbocycles. The first-order chi connectivity index (χ1) is 5.68. The molecule has 0 saturated heterocycles. The third-order valence-corrected chi connectivity index (χ3v) is 1.51. The molecule has 0 aliphatic rings. The van der Waals surface area contributed by atoms with Gasteiger partial charge in [-0.3, -0.25) is 4.18 Å². The van der Waals surface area contributed by atoms with Gasteiger partial charge in [0.2, 0.25) is 0 Å². The molecule has 0 aliphatic heterocycles. The Morgan fingerprint density at radius 2 is 2.00 bits per heavy atom. The van der Waals surface area contributed by atoms with E-state index in [1.54, 1.807) is 0 Å². The van der Waals surface area contributed by atoms with Gasteiger partial charge in [0.05, 0.1) is 5.02 Å². The Morgan fingerprint density at radius 3 is 2.50 bits per heavy atom. The van der Waals surface area contributed by atoms with Crippen molar-refractivity contribution in [3.63, 3.8) is 0 Å². The largest absolute Gasteiger partial charge is 0.264 e. The van der Waals surface area contributed by atoms with Crippen LogP contribution in [0.2, 0.25) is 5.02 Å². The van der Waals surface area contributed by atoms with Crippen molar-refractivity contribution in [3.05, 3.63) is 23.2 Å². The van der Waals surface area contributed by atoms with Crippen molar-refractivity contribution in [1.82, 2.24) is 9.97 Å². The summed E-state index contributed by atoms with van der Waals surface area (Å²) in [5.74, 6) is 0.276. The minimum atomic E-state index is -2.84. The Labute approximate surface area is 75.5 Å². The van der Waals surface area contributed by atoms with Gasteiger partial charge in [0.1, 0.15) is 6.61 Å². The van der Waals surface area contributed by atoms with E-state index in [-0.39, 0.29) is 12.4 Å². The predicted molar refractivity (Wildman–Crippen MR) is 42.1 cm³/mol. The zero-order valence-electron chi connectivity index (χ0n) is 5.81. The Bertz CT molecular complexity index is 316. The van der Waals surface area contributed by atoms with E-state index in [0.29, 0.717) is 5.02 Å². The standard InChI is InChI=1S/C5H5ClN2O3S/c6-4-1-7-5(8-2-4)3-11-12(9)10/h1-2,12H,3H2. The summed E-state index contributed by atoms with van der Waals surface area (Å²) >= 11 is 5.49. The molecule has 0 amide bonds. The maximum atomic E-state index is 9.97. The molecule has 7 heteroatoms. The molecule has 0 saturated carbocycles. The quantitative estimate of drug-likeness (QED) is 0.718. The summed E-state index contributed by atoms with van der Waals surface area (Å²) in [5.41, 5.74) is 0. The highest BCUT2D eigenvalue weighted by Gasteiger charge is 1.96. The molecule has 0 fully saturated rings. The van der Waals surface area contributed by atoms with Crippen LogP contribution < -0.4 is 0 Å². The van der Waals surface area contributed by atoms with Crippen LogP contribution in [0, 0.1) is 0 Å². The highest BCUT2D eigenvalue weighted by atomic mass is 35.5. The van der Waals surface area contributed by atoms with Gasteiger partial charge in [-0.15, -0.1) is 0 Å². The van der Waals surface area contributed by atoms with Crippen molar-refractivity contribution in [2.45, 2.75) is 6.61 Å². The van der Waals surface area contributed by atoms with E-state index in [1.807, 2.05) is 0 Å². The number of aromatic nitrogens is 2. The normalized spacial score (nSPS) is 10.5. The van der Waals surface area contributed by atoms with Gasteiger partial charge in [-0.25, -0.2) is 18.4 Å². The fourth-order valence-corrected chi connectivity index (χ4v) is 0.842. The molecule has 5 nitrogen and oxygen atoms in total. The van der Waals surface area contributed by atoms with Gasteiger partial charge < -0.3 is 0 Å². The lowest BCUT2D eigenvalue weighted by molar-refractivity contribution is 0.313. The number of halogens is 1. The summed E-state index contributed by atoms with van der Waals surface area (Å²) in [7, 11) is -2.84. The third kappa shape index (κ3) is 3.12. The summed E-state index contributed by atoms with van der Waals surface area (Å²) in [6, 6.07) is 0. The zero-order chi connectivity index (χ0) is 8.97. The monoisotopic (exact) mass is 208 g/mol. The second kappa shape index (κ2) is 4.34. The smallest absolute Gasteiger partial charge is 0.257 e. The van der Waals surface area contributed by atoms with E-state index in [1.165, 1.54) is 12.4 Å². The molecule has 66 valence electrons. The summed E-state index contributed by atoms with van der Waals surface area (Å²) in [5, 5.41) is 0.394. The molecule has 0 spiro atoms. The number of hydrogen-bond donors (Lipinski definition) is 1. The SMILES string of the molecule is O=[SH](=O)OCc1ncc(Cl)cn1. The second-order valence-corrected chi connectivity index (χ2v) is 2.96.